The van der Waals surface area contributed by atoms with Crippen LogP contribution in [0.5, 0.6) is 34.5 Å². The lowest BCUT2D eigenvalue weighted by Gasteiger charge is -2.40. The fraction of sp³-hybridized carbons (Fsp3) is 0.318. The van der Waals surface area contributed by atoms with Crippen molar-refractivity contribution in [1.82, 2.24) is 4.90 Å². The lowest BCUT2D eigenvalue weighted by Crippen LogP contribution is -2.44. The SMILES string of the molecule is COc1cc(-c2cccc(CN3CCC(N(Cc4cccc(-c5cc(OC)c(OC)c(OC)c5)c4)c4ccc(C)cc4)CC3)c2)cc(OC)c1OC. The molecular formula is C44H50N2O6. The average Bonchev–Trinajstić information content (AvgIpc) is 3.19. The Labute approximate surface area is 308 Å². The first kappa shape index (κ1) is 36.5. The van der Waals surface area contributed by atoms with Crippen molar-refractivity contribution in [2.75, 3.05) is 60.6 Å². The van der Waals surface area contributed by atoms with E-state index in [4.69, 9.17) is 28.4 Å². The second-order valence-corrected chi connectivity index (χ2v) is 13.2. The van der Waals surface area contributed by atoms with Crippen LogP contribution in [0.15, 0.2) is 97.1 Å². The normalized spacial score (nSPS) is 13.4. The van der Waals surface area contributed by atoms with E-state index < -0.39 is 0 Å². The van der Waals surface area contributed by atoms with Gasteiger partial charge in [-0.25, -0.2) is 0 Å². The third-order valence-electron chi connectivity index (χ3n) is 9.97. The van der Waals surface area contributed by atoms with Crippen molar-refractivity contribution in [3.05, 3.63) is 114 Å². The molecule has 0 spiro atoms. The first-order valence-corrected chi connectivity index (χ1v) is 17.7. The molecule has 8 heteroatoms. The minimum absolute atomic E-state index is 0.411. The van der Waals surface area contributed by atoms with Crippen molar-refractivity contribution in [2.45, 2.75) is 38.9 Å². The average molecular weight is 703 g/mol. The third-order valence-corrected chi connectivity index (χ3v) is 9.97. The Morgan fingerprint density at radius 2 is 1.00 bits per heavy atom. The Bertz CT molecular complexity index is 1900. The molecule has 0 radical (unpaired) electrons. The number of hydrogen-bond donors (Lipinski definition) is 0. The van der Waals surface area contributed by atoms with Crippen LogP contribution in [0.25, 0.3) is 22.3 Å². The van der Waals surface area contributed by atoms with Crippen LogP contribution in [-0.4, -0.2) is 66.7 Å². The highest BCUT2D eigenvalue weighted by molar-refractivity contribution is 5.73. The van der Waals surface area contributed by atoms with Crippen LogP contribution in [0.2, 0.25) is 0 Å². The number of hydrogen-bond acceptors (Lipinski definition) is 8. The molecule has 5 aromatic carbocycles. The van der Waals surface area contributed by atoms with Crippen LogP contribution in [0.4, 0.5) is 5.69 Å². The molecule has 1 fully saturated rings. The number of nitrogens with zero attached hydrogens (tertiary/aromatic N) is 2. The molecule has 0 aromatic heterocycles. The Kier molecular flexibility index (Phi) is 11.8. The molecule has 0 unspecified atom stereocenters. The van der Waals surface area contributed by atoms with Gasteiger partial charge in [0.05, 0.1) is 42.7 Å². The molecule has 1 aliphatic rings. The van der Waals surface area contributed by atoms with E-state index in [1.54, 1.807) is 42.7 Å². The topological polar surface area (TPSA) is 61.9 Å². The van der Waals surface area contributed by atoms with Crippen molar-refractivity contribution in [1.29, 1.82) is 0 Å². The first-order valence-electron chi connectivity index (χ1n) is 17.7. The number of piperidine rings is 1. The molecule has 8 nitrogen and oxygen atoms in total. The zero-order valence-electron chi connectivity index (χ0n) is 31.4. The van der Waals surface area contributed by atoms with Crippen molar-refractivity contribution in [3.8, 4) is 56.8 Å². The maximum absolute atomic E-state index is 5.65. The van der Waals surface area contributed by atoms with E-state index in [2.05, 4.69) is 89.5 Å². The van der Waals surface area contributed by atoms with Gasteiger partial charge in [0.15, 0.2) is 23.0 Å². The van der Waals surface area contributed by atoms with Gasteiger partial charge in [0, 0.05) is 37.9 Å². The number of anilines is 1. The Balaban J connectivity index is 1.19. The van der Waals surface area contributed by atoms with Crippen LogP contribution in [-0.2, 0) is 13.1 Å². The Morgan fingerprint density at radius 3 is 1.46 bits per heavy atom. The van der Waals surface area contributed by atoms with E-state index in [0.29, 0.717) is 40.5 Å². The quantitative estimate of drug-likeness (QED) is 0.114. The molecule has 0 aliphatic carbocycles. The fourth-order valence-electron chi connectivity index (χ4n) is 7.21. The highest BCUT2D eigenvalue weighted by Crippen LogP contribution is 2.43. The molecule has 272 valence electrons. The molecular weight excluding hydrogens is 652 g/mol. The van der Waals surface area contributed by atoms with E-state index in [-0.39, 0.29) is 0 Å². The maximum Gasteiger partial charge on any atom is 0.203 e. The van der Waals surface area contributed by atoms with Gasteiger partial charge in [0.25, 0.3) is 0 Å². The molecule has 0 N–H and O–H groups in total. The highest BCUT2D eigenvalue weighted by atomic mass is 16.5. The Morgan fingerprint density at radius 1 is 0.538 bits per heavy atom. The van der Waals surface area contributed by atoms with Crippen LogP contribution < -0.4 is 33.3 Å². The summed E-state index contributed by atoms with van der Waals surface area (Å²) in [6.07, 6.45) is 2.15. The van der Waals surface area contributed by atoms with Gasteiger partial charge in [-0.3, -0.25) is 4.90 Å². The minimum atomic E-state index is 0.411. The van der Waals surface area contributed by atoms with Crippen molar-refractivity contribution in [3.63, 3.8) is 0 Å². The highest BCUT2D eigenvalue weighted by Gasteiger charge is 2.26. The number of ether oxygens (including phenoxy) is 6. The van der Waals surface area contributed by atoms with E-state index in [1.807, 2.05) is 24.3 Å². The third kappa shape index (κ3) is 8.08. The smallest absolute Gasteiger partial charge is 0.203 e. The van der Waals surface area contributed by atoms with E-state index in [0.717, 1.165) is 61.3 Å². The number of methoxy groups -OCH3 is 6. The number of aryl methyl sites for hydroxylation is 1. The maximum atomic E-state index is 5.65. The summed E-state index contributed by atoms with van der Waals surface area (Å²) in [7, 11) is 9.85. The van der Waals surface area contributed by atoms with Gasteiger partial charge in [0.1, 0.15) is 0 Å². The van der Waals surface area contributed by atoms with Crippen molar-refractivity contribution in [2.24, 2.45) is 0 Å². The summed E-state index contributed by atoms with van der Waals surface area (Å²) in [6, 6.07) is 34.9. The second kappa shape index (κ2) is 16.8. The molecule has 6 rings (SSSR count). The molecule has 52 heavy (non-hydrogen) atoms. The van der Waals surface area contributed by atoms with E-state index in [9.17, 15) is 0 Å². The summed E-state index contributed by atoms with van der Waals surface area (Å²) in [5.74, 6) is 3.77. The molecule has 0 saturated carbocycles. The predicted molar refractivity (Wildman–Crippen MR) is 209 cm³/mol. The largest absolute Gasteiger partial charge is 0.493 e. The lowest BCUT2D eigenvalue weighted by molar-refractivity contribution is 0.201. The summed E-state index contributed by atoms with van der Waals surface area (Å²) in [5.41, 5.74) is 9.30. The first-order chi connectivity index (χ1) is 25.4. The second-order valence-electron chi connectivity index (χ2n) is 13.2. The number of likely N-dealkylation sites (tertiary alicyclic amines) is 1. The van der Waals surface area contributed by atoms with Gasteiger partial charge in [0.2, 0.25) is 11.5 Å². The lowest BCUT2D eigenvalue weighted by atomic mass is 9.98. The van der Waals surface area contributed by atoms with Crippen LogP contribution in [0, 0.1) is 6.92 Å². The van der Waals surface area contributed by atoms with Gasteiger partial charge < -0.3 is 33.3 Å². The zero-order valence-corrected chi connectivity index (χ0v) is 31.4. The molecule has 1 aliphatic heterocycles. The number of benzene rings is 5. The summed E-state index contributed by atoms with van der Waals surface area (Å²) < 4.78 is 33.6. The van der Waals surface area contributed by atoms with Gasteiger partial charge in [-0.2, -0.15) is 0 Å². The predicted octanol–water partition coefficient (Wildman–Crippen LogP) is 9.05. The van der Waals surface area contributed by atoms with Gasteiger partial charge in [-0.1, -0.05) is 54.1 Å². The summed E-state index contributed by atoms with van der Waals surface area (Å²) in [4.78, 5) is 5.17. The van der Waals surface area contributed by atoms with E-state index in [1.165, 1.54) is 22.4 Å². The van der Waals surface area contributed by atoms with Crippen molar-refractivity contribution >= 4 is 5.69 Å². The van der Waals surface area contributed by atoms with Crippen LogP contribution >= 0.6 is 0 Å². The van der Waals surface area contributed by atoms with Gasteiger partial charge in [-0.15, -0.1) is 0 Å². The Hall–Kier alpha value is -5.34. The summed E-state index contributed by atoms with van der Waals surface area (Å²) in [6.45, 7) is 5.89. The monoisotopic (exact) mass is 702 g/mol. The summed E-state index contributed by atoms with van der Waals surface area (Å²) >= 11 is 0. The van der Waals surface area contributed by atoms with Crippen LogP contribution in [0.1, 0.15) is 29.5 Å². The standard InChI is InChI=1S/C44H50N2O6/c1-30-14-16-37(17-15-30)46(29-32-11-9-13-34(23-32)36-26-41(49-4)44(52-7)42(27-36)50-5)38-18-20-45(21-19-38)28-31-10-8-12-33(22-31)35-24-39(47-2)43(51-6)40(25-35)48-3/h8-17,22-27,38H,18-21,28-29H2,1-7H3. The van der Waals surface area contributed by atoms with E-state index >= 15 is 0 Å². The molecule has 1 saturated heterocycles. The summed E-state index contributed by atoms with van der Waals surface area (Å²) in [5, 5.41) is 0. The molecule has 0 atom stereocenters. The van der Waals surface area contributed by atoms with Crippen LogP contribution in [0.3, 0.4) is 0 Å². The molecule has 0 amide bonds. The van der Waals surface area contributed by atoms with Gasteiger partial charge in [-0.05, 0) is 102 Å². The minimum Gasteiger partial charge on any atom is -0.493 e. The molecule has 0 bridgehead atoms. The number of rotatable bonds is 14. The van der Waals surface area contributed by atoms with Crippen molar-refractivity contribution < 1.29 is 28.4 Å². The fourth-order valence-corrected chi connectivity index (χ4v) is 7.21. The molecule has 1 heterocycles. The van der Waals surface area contributed by atoms with Gasteiger partial charge >= 0.3 is 0 Å². The molecule has 5 aromatic rings. The zero-order chi connectivity index (χ0) is 36.6.